The topological polar surface area (TPSA) is 113 Å². The van der Waals surface area contributed by atoms with Crippen molar-refractivity contribution in [3.8, 4) is 0 Å². The molecule has 0 aromatic heterocycles. The summed E-state index contributed by atoms with van der Waals surface area (Å²) in [6.07, 6.45) is 5.61. The van der Waals surface area contributed by atoms with E-state index in [2.05, 4.69) is 36.2 Å². The van der Waals surface area contributed by atoms with Gasteiger partial charge in [0, 0.05) is 0 Å². The van der Waals surface area contributed by atoms with Crippen molar-refractivity contribution in [3.05, 3.63) is 23.8 Å². The number of phosphoric ester groups is 1. The van der Waals surface area contributed by atoms with Gasteiger partial charge in [-0.25, -0.2) is 9.13 Å². The van der Waals surface area contributed by atoms with Crippen LogP contribution in [0, 0.1) is 17.3 Å². The zero-order chi connectivity index (χ0) is 19.5. The third-order valence-corrected chi connectivity index (χ3v) is 7.71. The highest BCUT2D eigenvalue weighted by Gasteiger charge is 2.40. The van der Waals surface area contributed by atoms with Crippen LogP contribution in [-0.4, -0.2) is 21.3 Å². The van der Waals surface area contributed by atoms with Crippen molar-refractivity contribution in [1.29, 1.82) is 0 Å². The first-order valence-electron chi connectivity index (χ1n) is 8.34. The van der Waals surface area contributed by atoms with E-state index in [1.54, 1.807) is 6.08 Å². The normalized spacial score (nSPS) is 31.0. The van der Waals surface area contributed by atoms with E-state index in [1.807, 2.05) is 6.92 Å². The molecule has 0 aliphatic heterocycles. The monoisotopic (exact) mass is 396 g/mol. The third kappa shape index (κ3) is 7.10. The summed E-state index contributed by atoms with van der Waals surface area (Å²) in [5.74, 6) is 1.03. The van der Waals surface area contributed by atoms with Gasteiger partial charge >= 0.3 is 15.6 Å². The first-order chi connectivity index (χ1) is 11.3. The smallest absolute Gasteiger partial charge is 0.302 e. The minimum Gasteiger partial charge on any atom is -0.302 e. The Morgan fingerprint density at radius 3 is 2.52 bits per heavy atom. The van der Waals surface area contributed by atoms with Crippen molar-refractivity contribution in [2.45, 2.75) is 53.4 Å². The van der Waals surface area contributed by atoms with Gasteiger partial charge in [-0.05, 0) is 49.9 Å². The molecule has 0 heterocycles. The molecule has 0 bridgehead atoms. The molecular formula is C16H30O7P2. The quantitative estimate of drug-likeness (QED) is 0.407. The summed E-state index contributed by atoms with van der Waals surface area (Å²) < 4.78 is 30.2. The number of allylic oxidation sites excluding steroid dienone is 2. The van der Waals surface area contributed by atoms with E-state index in [0.717, 1.165) is 31.3 Å². The van der Waals surface area contributed by atoms with Crippen molar-refractivity contribution >= 4 is 15.6 Å². The first-order valence-corrected chi connectivity index (χ1v) is 11.4. The maximum Gasteiger partial charge on any atom is 0.481 e. The Morgan fingerprint density at radius 1 is 1.36 bits per heavy atom. The molecule has 3 N–H and O–H groups in total. The van der Waals surface area contributed by atoms with Gasteiger partial charge in [-0.1, -0.05) is 44.6 Å². The van der Waals surface area contributed by atoms with Gasteiger partial charge in [0.25, 0.3) is 0 Å². The van der Waals surface area contributed by atoms with Crippen LogP contribution in [0.3, 0.4) is 0 Å². The molecule has 7 nitrogen and oxygen atoms in total. The van der Waals surface area contributed by atoms with Crippen LogP contribution in [0.2, 0.25) is 0 Å². The van der Waals surface area contributed by atoms with Gasteiger partial charge in [-0.15, -0.1) is 0 Å². The van der Waals surface area contributed by atoms with Crippen LogP contribution < -0.4 is 0 Å². The van der Waals surface area contributed by atoms with Crippen molar-refractivity contribution in [2.24, 2.45) is 17.3 Å². The fourth-order valence-electron chi connectivity index (χ4n) is 3.30. The molecule has 1 rings (SSSR count). The molecule has 9 heteroatoms. The molecule has 25 heavy (non-hydrogen) atoms. The highest BCUT2D eigenvalue weighted by Crippen LogP contribution is 2.57. The zero-order valence-electron chi connectivity index (χ0n) is 15.3. The average molecular weight is 396 g/mol. The summed E-state index contributed by atoms with van der Waals surface area (Å²) in [6.45, 7) is 12.6. The van der Waals surface area contributed by atoms with Crippen LogP contribution in [0.1, 0.15) is 53.4 Å². The van der Waals surface area contributed by atoms with Gasteiger partial charge in [-0.3, -0.25) is 4.52 Å². The Balaban J connectivity index is 2.57. The summed E-state index contributed by atoms with van der Waals surface area (Å²) in [6, 6.07) is 0. The molecule has 0 saturated heterocycles. The van der Waals surface area contributed by atoms with Gasteiger partial charge in [0.15, 0.2) is 0 Å². The molecule has 0 spiro atoms. The second kappa shape index (κ2) is 8.62. The summed E-state index contributed by atoms with van der Waals surface area (Å²) >= 11 is 0. The predicted octanol–water partition coefficient (Wildman–Crippen LogP) is 4.57. The van der Waals surface area contributed by atoms with Crippen LogP contribution in [-0.2, 0) is 18.0 Å². The van der Waals surface area contributed by atoms with Gasteiger partial charge in [0.2, 0.25) is 0 Å². The van der Waals surface area contributed by atoms with Crippen molar-refractivity contribution in [1.82, 2.24) is 0 Å². The summed E-state index contributed by atoms with van der Waals surface area (Å²) in [5, 5.41) is 0. The third-order valence-electron chi connectivity index (χ3n) is 5.56. The second-order valence-corrected chi connectivity index (χ2v) is 10.0. The molecule has 146 valence electrons. The van der Waals surface area contributed by atoms with Gasteiger partial charge in [0.05, 0.1) is 6.61 Å². The fraction of sp³-hybridized carbons (Fsp3) is 0.750. The predicted molar refractivity (Wildman–Crippen MR) is 96.7 cm³/mol. The van der Waals surface area contributed by atoms with E-state index >= 15 is 0 Å². The number of phosphoric acid groups is 2. The Morgan fingerprint density at radius 2 is 1.96 bits per heavy atom. The highest BCUT2D eigenvalue weighted by molar-refractivity contribution is 7.60. The molecule has 0 aromatic rings. The lowest BCUT2D eigenvalue weighted by Gasteiger charge is -2.46. The SMILES string of the molecule is C=C1CC[C@H](C)[C@@](C)(CC/C(C)=C/COP(=O)(O)OP(=O)(O)O)[C@@H]1C. The van der Waals surface area contributed by atoms with E-state index in [4.69, 9.17) is 9.79 Å². The van der Waals surface area contributed by atoms with Crippen molar-refractivity contribution in [2.75, 3.05) is 6.61 Å². The van der Waals surface area contributed by atoms with E-state index < -0.39 is 15.6 Å². The summed E-state index contributed by atoms with van der Waals surface area (Å²) in [5.41, 5.74) is 2.43. The molecule has 0 amide bonds. The summed E-state index contributed by atoms with van der Waals surface area (Å²) in [7, 11) is -9.85. The lowest BCUT2D eigenvalue weighted by molar-refractivity contribution is 0.0892. The van der Waals surface area contributed by atoms with Crippen molar-refractivity contribution in [3.63, 3.8) is 0 Å². The molecule has 1 aliphatic rings. The molecular weight excluding hydrogens is 366 g/mol. The van der Waals surface area contributed by atoms with Gasteiger partial charge < -0.3 is 14.7 Å². The lowest BCUT2D eigenvalue weighted by atomic mass is 9.59. The Bertz CT molecular complexity index is 610. The van der Waals surface area contributed by atoms with Crippen LogP contribution >= 0.6 is 15.6 Å². The molecule has 1 fully saturated rings. The van der Waals surface area contributed by atoms with Crippen molar-refractivity contribution < 1.29 is 32.6 Å². The largest absolute Gasteiger partial charge is 0.481 e. The number of hydrogen-bond acceptors (Lipinski definition) is 4. The van der Waals surface area contributed by atoms with E-state index in [-0.39, 0.29) is 12.0 Å². The maximum absolute atomic E-state index is 11.4. The van der Waals surface area contributed by atoms with Crippen LogP contribution in [0.4, 0.5) is 0 Å². The molecule has 1 saturated carbocycles. The van der Waals surface area contributed by atoms with E-state index in [9.17, 15) is 14.0 Å². The number of hydrogen-bond donors (Lipinski definition) is 3. The lowest BCUT2D eigenvalue weighted by Crippen LogP contribution is -2.37. The van der Waals surface area contributed by atoms with Gasteiger partial charge in [-0.2, -0.15) is 4.31 Å². The van der Waals surface area contributed by atoms with Crippen LogP contribution in [0.15, 0.2) is 23.8 Å². The minimum atomic E-state index is -5.08. The Kier molecular flexibility index (Phi) is 7.85. The molecule has 0 aromatic carbocycles. The van der Waals surface area contributed by atoms with E-state index in [1.165, 1.54) is 5.57 Å². The standard InChI is InChI=1S/C16H30O7P2/c1-12(9-11-22-25(20,21)23-24(17,18)19)8-10-16(5)14(3)7-6-13(2)15(16)4/h9,14-15H,2,6-8,10-11H2,1,3-5H3,(H,20,21)(H2,17,18,19)/b12-9+/t14-,15+,16+/m0/s1. The van der Waals surface area contributed by atoms with Crippen LogP contribution in [0.5, 0.6) is 0 Å². The molecule has 1 unspecified atom stereocenters. The van der Waals surface area contributed by atoms with E-state index in [0.29, 0.717) is 11.8 Å². The van der Waals surface area contributed by atoms with Gasteiger partial charge in [0.1, 0.15) is 0 Å². The molecule has 4 atom stereocenters. The summed E-state index contributed by atoms with van der Waals surface area (Å²) in [4.78, 5) is 26.3. The highest BCUT2D eigenvalue weighted by atomic mass is 31.3. The second-order valence-electron chi connectivity index (χ2n) is 7.21. The minimum absolute atomic E-state index is 0.154. The van der Waals surface area contributed by atoms with Crippen LogP contribution in [0.25, 0.3) is 0 Å². The molecule has 1 aliphatic carbocycles. The molecule has 0 radical (unpaired) electrons. The average Bonchev–Trinajstić information content (AvgIpc) is 2.44. The maximum atomic E-state index is 11.4. The Labute approximate surface area is 150 Å². The first kappa shape index (κ1) is 22.8. The zero-order valence-corrected chi connectivity index (χ0v) is 17.1. The fourth-order valence-corrected chi connectivity index (χ4v) is 4.83. The Hall–Kier alpha value is -0.260. The number of rotatable bonds is 8.